The second kappa shape index (κ2) is 7.83. The number of nitrogens with zero attached hydrogens (tertiary/aromatic N) is 2. The molecular weight excluding hydrogens is 426 g/mol. The fourth-order valence-corrected chi connectivity index (χ4v) is 5.40. The first-order valence-corrected chi connectivity index (χ1v) is 12.1. The van der Waals surface area contributed by atoms with Crippen molar-refractivity contribution in [2.75, 3.05) is 37.8 Å². The minimum Gasteiger partial charge on any atom is -0.491 e. The van der Waals surface area contributed by atoms with Crippen molar-refractivity contribution in [2.24, 2.45) is 0 Å². The zero-order valence-electron chi connectivity index (χ0n) is 16.9. The molecule has 0 bridgehead atoms. The lowest BCUT2D eigenvalue weighted by Gasteiger charge is -2.37. The molecule has 2 aromatic rings. The summed E-state index contributed by atoms with van der Waals surface area (Å²) in [5.74, 6) is 0.607. The molecule has 1 N–H and O–H groups in total. The van der Waals surface area contributed by atoms with Gasteiger partial charge in [0, 0.05) is 23.5 Å². The summed E-state index contributed by atoms with van der Waals surface area (Å²) < 4.78 is 29.1. The molecule has 0 saturated carbocycles. The van der Waals surface area contributed by atoms with Gasteiger partial charge in [0.1, 0.15) is 12.4 Å². The highest BCUT2D eigenvalue weighted by atomic mass is 35.5. The number of amides is 1. The van der Waals surface area contributed by atoms with Gasteiger partial charge < -0.3 is 10.1 Å². The summed E-state index contributed by atoms with van der Waals surface area (Å²) in [4.78, 5) is 19.0. The standard InChI is InChI=1S/C21H24ClN3O4S/c1-14-11-16(13-23-19(14)30(2,27)28)29-10-9-25-7-5-21(6-8-25)17-12-15(22)3-4-18(17)24-20(21)26/h3-4,11-13H,5-10H2,1-2H3,(H,24,26). The van der Waals surface area contributed by atoms with Crippen LogP contribution >= 0.6 is 11.6 Å². The fraction of sp³-hybridized carbons (Fsp3) is 0.429. The number of aromatic nitrogens is 1. The highest BCUT2D eigenvalue weighted by Gasteiger charge is 2.48. The van der Waals surface area contributed by atoms with E-state index < -0.39 is 15.3 Å². The van der Waals surface area contributed by atoms with Crippen LogP contribution in [0, 0.1) is 6.92 Å². The Bertz CT molecular complexity index is 1100. The quantitative estimate of drug-likeness (QED) is 0.755. The molecule has 0 atom stereocenters. The van der Waals surface area contributed by atoms with Gasteiger partial charge in [-0.2, -0.15) is 0 Å². The van der Waals surface area contributed by atoms with E-state index in [1.807, 2.05) is 12.1 Å². The van der Waals surface area contributed by atoms with Crippen molar-refractivity contribution in [1.29, 1.82) is 0 Å². The van der Waals surface area contributed by atoms with Crippen LogP contribution in [0.2, 0.25) is 5.02 Å². The van der Waals surface area contributed by atoms with Crippen molar-refractivity contribution >= 4 is 33.0 Å². The Balaban J connectivity index is 1.34. The summed E-state index contributed by atoms with van der Waals surface area (Å²) in [7, 11) is -3.34. The van der Waals surface area contributed by atoms with Gasteiger partial charge in [-0.05, 0) is 68.2 Å². The first-order chi connectivity index (χ1) is 14.2. The SMILES string of the molecule is Cc1cc(OCCN2CCC3(CC2)C(=O)Nc2ccc(Cl)cc23)cnc1S(C)(=O)=O. The fourth-order valence-electron chi connectivity index (χ4n) is 4.34. The highest BCUT2D eigenvalue weighted by molar-refractivity contribution is 7.90. The summed E-state index contributed by atoms with van der Waals surface area (Å²) in [5.41, 5.74) is 1.93. The maximum absolute atomic E-state index is 12.7. The Hall–Kier alpha value is -2.16. The number of carbonyl (C=O) groups is 1. The molecule has 3 heterocycles. The van der Waals surface area contributed by atoms with Gasteiger partial charge >= 0.3 is 0 Å². The molecule has 0 aliphatic carbocycles. The molecule has 0 radical (unpaired) electrons. The number of nitrogens with one attached hydrogen (secondary N) is 1. The van der Waals surface area contributed by atoms with E-state index in [-0.39, 0.29) is 10.9 Å². The average molecular weight is 450 g/mol. The average Bonchev–Trinajstić information content (AvgIpc) is 2.94. The van der Waals surface area contributed by atoms with Crippen molar-refractivity contribution < 1.29 is 17.9 Å². The smallest absolute Gasteiger partial charge is 0.235 e. The third-order valence-corrected chi connectivity index (χ3v) is 7.29. The summed E-state index contributed by atoms with van der Waals surface area (Å²) in [6.45, 7) is 4.45. The second-order valence-electron chi connectivity index (χ2n) is 7.98. The van der Waals surface area contributed by atoms with E-state index in [9.17, 15) is 13.2 Å². The maximum Gasteiger partial charge on any atom is 0.235 e. The van der Waals surface area contributed by atoms with E-state index in [1.54, 1.807) is 19.1 Å². The largest absolute Gasteiger partial charge is 0.491 e. The van der Waals surface area contributed by atoms with E-state index in [0.29, 0.717) is 29.5 Å². The molecule has 2 aliphatic heterocycles. The number of rotatable bonds is 5. The molecule has 160 valence electrons. The topological polar surface area (TPSA) is 88.6 Å². The lowest BCUT2D eigenvalue weighted by atomic mass is 9.73. The number of pyridine rings is 1. The van der Waals surface area contributed by atoms with Crippen LogP contribution < -0.4 is 10.1 Å². The Morgan fingerprint density at radius 1 is 1.27 bits per heavy atom. The van der Waals surface area contributed by atoms with Crippen LogP contribution in [0.4, 0.5) is 5.69 Å². The molecule has 1 aromatic carbocycles. The molecule has 1 aromatic heterocycles. The second-order valence-corrected chi connectivity index (χ2v) is 10.3. The number of ether oxygens (including phenoxy) is 1. The number of fused-ring (bicyclic) bond motifs is 2. The number of piperidine rings is 1. The van der Waals surface area contributed by atoms with Gasteiger partial charge in [0.15, 0.2) is 14.9 Å². The predicted molar refractivity (Wildman–Crippen MR) is 115 cm³/mol. The van der Waals surface area contributed by atoms with E-state index in [4.69, 9.17) is 16.3 Å². The van der Waals surface area contributed by atoms with Crippen LogP contribution in [0.5, 0.6) is 5.75 Å². The third-order valence-electron chi connectivity index (χ3n) is 5.92. The lowest BCUT2D eigenvalue weighted by molar-refractivity contribution is -0.122. The summed E-state index contributed by atoms with van der Waals surface area (Å²) in [6.07, 6.45) is 4.05. The van der Waals surface area contributed by atoms with Crippen LogP contribution in [-0.2, 0) is 20.0 Å². The van der Waals surface area contributed by atoms with Crippen molar-refractivity contribution in [3.63, 3.8) is 0 Å². The van der Waals surface area contributed by atoms with Crippen LogP contribution in [0.1, 0.15) is 24.0 Å². The molecule has 2 aliphatic rings. The van der Waals surface area contributed by atoms with Gasteiger partial charge in [0.2, 0.25) is 5.91 Å². The minimum atomic E-state index is -3.34. The third kappa shape index (κ3) is 3.91. The van der Waals surface area contributed by atoms with E-state index >= 15 is 0 Å². The molecular formula is C21H24ClN3O4S. The van der Waals surface area contributed by atoms with Crippen LogP contribution in [0.3, 0.4) is 0 Å². The Kier molecular flexibility index (Phi) is 5.50. The van der Waals surface area contributed by atoms with Crippen LogP contribution in [0.15, 0.2) is 35.5 Å². The first kappa shape index (κ1) is 21.1. The number of benzene rings is 1. The zero-order valence-corrected chi connectivity index (χ0v) is 18.5. The summed E-state index contributed by atoms with van der Waals surface area (Å²) in [6, 6.07) is 7.27. The normalized spacial score (nSPS) is 18.3. The van der Waals surface area contributed by atoms with E-state index in [2.05, 4.69) is 15.2 Å². The molecule has 1 fully saturated rings. The van der Waals surface area contributed by atoms with Gasteiger partial charge in [-0.15, -0.1) is 0 Å². The van der Waals surface area contributed by atoms with Gasteiger partial charge in [0.25, 0.3) is 0 Å². The van der Waals surface area contributed by atoms with Gasteiger partial charge in [0.05, 0.1) is 11.6 Å². The monoisotopic (exact) mass is 449 g/mol. The molecule has 9 heteroatoms. The van der Waals surface area contributed by atoms with Crippen molar-refractivity contribution in [2.45, 2.75) is 30.2 Å². The maximum atomic E-state index is 12.7. The molecule has 1 spiro atoms. The number of hydrogen-bond donors (Lipinski definition) is 1. The Morgan fingerprint density at radius 3 is 2.67 bits per heavy atom. The number of halogens is 1. The Labute approximate surface area is 181 Å². The van der Waals surface area contributed by atoms with E-state index in [1.165, 1.54) is 6.20 Å². The molecule has 1 saturated heterocycles. The van der Waals surface area contributed by atoms with Gasteiger partial charge in [-0.1, -0.05) is 11.6 Å². The lowest BCUT2D eigenvalue weighted by Crippen LogP contribution is -2.47. The molecule has 30 heavy (non-hydrogen) atoms. The number of aryl methyl sites for hydroxylation is 1. The number of anilines is 1. The van der Waals surface area contributed by atoms with Crippen molar-refractivity contribution in [3.8, 4) is 5.75 Å². The number of likely N-dealkylation sites (tertiary alicyclic amines) is 1. The first-order valence-electron chi connectivity index (χ1n) is 9.82. The molecule has 7 nitrogen and oxygen atoms in total. The molecule has 1 amide bonds. The number of sulfone groups is 1. The highest BCUT2D eigenvalue weighted by Crippen LogP contribution is 2.45. The van der Waals surface area contributed by atoms with Gasteiger partial charge in [-0.3, -0.25) is 9.69 Å². The van der Waals surface area contributed by atoms with Gasteiger partial charge in [-0.25, -0.2) is 13.4 Å². The molecule has 0 unspecified atom stereocenters. The summed E-state index contributed by atoms with van der Waals surface area (Å²) >= 11 is 6.17. The molecule has 4 rings (SSSR count). The number of hydrogen-bond acceptors (Lipinski definition) is 6. The number of carbonyl (C=O) groups excluding carboxylic acids is 1. The zero-order chi connectivity index (χ0) is 21.5. The van der Waals surface area contributed by atoms with E-state index in [0.717, 1.165) is 43.4 Å². The minimum absolute atomic E-state index is 0.0585. The van der Waals surface area contributed by atoms with Crippen LogP contribution in [-0.4, -0.2) is 56.7 Å². The van der Waals surface area contributed by atoms with Crippen molar-refractivity contribution in [3.05, 3.63) is 46.6 Å². The van der Waals surface area contributed by atoms with Crippen LogP contribution in [0.25, 0.3) is 0 Å². The Morgan fingerprint density at radius 2 is 2.00 bits per heavy atom. The van der Waals surface area contributed by atoms with Crippen molar-refractivity contribution in [1.82, 2.24) is 9.88 Å². The predicted octanol–water partition coefficient (Wildman–Crippen LogP) is 2.81. The summed E-state index contributed by atoms with van der Waals surface area (Å²) in [5, 5.41) is 3.71.